The van der Waals surface area contributed by atoms with Gasteiger partial charge in [0.05, 0.1) is 27.7 Å². The number of hydrogen-bond donors (Lipinski definition) is 0. The van der Waals surface area contributed by atoms with Crippen LogP contribution < -0.4 is 4.89 Å². The Morgan fingerprint density at radius 2 is 0.648 bits per heavy atom. The molecular formula is C78H134NO8P. The first-order valence-corrected chi connectivity index (χ1v) is 37.4. The van der Waals surface area contributed by atoms with Gasteiger partial charge in [-0.15, -0.1) is 0 Å². The van der Waals surface area contributed by atoms with E-state index >= 15 is 0 Å². The van der Waals surface area contributed by atoms with E-state index in [1.165, 1.54) is 141 Å². The molecule has 0 spiro atoms. The fraction of sp³-hybridized carbons (Fsp3) is 0.692. The molecule has 504 valence electrons. The summed E-state index contributed by atoms with van der Waals surface area (Å²) in [6, 6.07) is 0. The lowest BCUT2D eigenvalue weighted by atomic mass is 10.0. The highest BCUT2D eigenvalue weighted by Crippen LogP contribution is 2.38. The van der Waals surface area contributed by atoms with Gasteiger partial charge in [-0.2, -0.15) is 0 Å². The molecule has 0 fully saturated rings. The summed E-state index contributed by atoms with van der Waals surface area (Å²) in [6.07, 6.45) is 98.2. The molecular weight excluding hydrogens is 1110 g/mol. The Kier molecular flexibility index (Phi) is 64.6. The quantitative estimate of drug-likeness (QED) is 0.0195. The molecule has 0 radical (unpaired) electrons. The first-order chi connectivity index (χ1) is 43.0. The summed E-state index contributed by atoms with van der Waals surface area (Å²) in [5.74, 6) is -0.842. The van der Waals surface area contributed by atoms with E-state index in [0.717, 1.165) is 122 Å². The fourth-order valence-corrected chi connectivity index (χ4v) is 10.5. The van der Waals surface area contributed by atoms with Crippen LogP contribution in [0.25, 0.3) is 0 Å². The Morgan fingerprint density at radius 1 is 0.364 bits per heavy atom. The number of phosphoric ester groups is 1. The molecule has 0 aliphatic rings. The smallest absolute Gasteiger partial charge is 0.306 e. The molecule has 0 aromatic heterocycles. The minimum Gasteiger partial charge on any atom is -0.756 e. The van der Waals surface area contributed by atoms with Gasteiger partial charge in [0.2, 0.25) is 0 Å². The van der Waals surface area contributed by atoms with Crippen molar-refractivity contribution in [3.63, 3.8) is 0 Å². The predicted octanol–water partition coefficient (Wildman–Crippen LogP) is 23.0. The number of ether oxygens (including phenoxy) is 2. The molecule has 0 N–H and O–H groups in total. The first kappa shape index (κ1) is 84.2. The lowest BCUT2D eigenvalue weighted by molar-refractivity contribution is -0.870. The van der Waals surface area contributed by atoms with Gasteiger partial charge in [-0.05, 0) is 96.3 Å². The van der Waals surface area contributed by atoms with E-state index in [4.69, 9.17) is 18.5 Å². The topological polar surface area (TPSA) is 111 Å². The molecule has 0 rings (SSSR count). The number of phosphoric acid groups is 1. The highest BCUT2D eigenvalue weighted by molar-refractivity contribution is 7.45. The molecule has 0 saturated heterocycles. The lowest BCUT2D eigenvalue weighted by Gasteiger charge is -2.28. The van der Waals surface area contributed by atoms with Crippen molar-refractivity contribution in [2.75, 3.05) is 47.5 Å². The molecule has 88 heavy (non-hydrogen) atoms. The van der Waals surface area contributed by atoms with E-state index in [2.05, 4.69) is 148 Å². The highest BCUT2D eigenvalue weighted by Gasteiger charge is 2.22. The maximum atomic E-state index is 12.9. The highest BCUT2D eigenvalue weighted by atomic mass is 31.2. The van der Waals surface area contributed by atoms with Crippen LogP contribution in [-0.2, 0) is 32.7 Å². The van der Waals surface area contributed by atoms with Crippen LogP contribution in [0.5, 0.6) is 0 Å². The van der Waals surface area contributed by atoms with Gasteiger partial charge < -0.3 is 27.9 Å². The number of carbonyl (C=O) groups is 2. The maximum Gasteiger partial charge on any atom is 0.306 e. The summed E-state index contributed by atoms with van der Waals surface area (Å²) in [5.41, 5.74) is 0. The average molecular weight is 1240 g/mol. The molecule has 2 unspecified atom stereocenters. The van der Waals surface area contributed by atoms with E-state index < -0.39 is 26.5 Å². The van der Waals surface area contributed by atoms with Gasteiger partial charge in [0.1, 0.15) is 19.8 Å². The molecule has 0 heterocycles. The number of quaternary nitrogens is 1. The molecule has 0 aromatic carbocycles. The second-order valence-electron chi connectivity index (χ2n) is 24.9. The molecule has 0 aliphatic carbocycles. The molecule has 10 heteroatoms. The monoisotopic (exact) mass is 1240 g/mol. The van der Waals surface area contributed by atoms with Crippen LogP contribution in [-0.4, -0.2) is 70.0 Å². The number of likely N-dealkylation sites (N-methyl/N-ethyl adjacent to an activating group) is 1. The van der Waals surface area contributed by atoms with Crippen molar-refractivity contribution in [3.8, 4) is 0 Å². The van der Waals surface area contributed by atoms with Gasteiger partial charge in [0.15, 0.2) is 6.10 Å². The number of esters is 2. The summed E-state index contributed by atoms with van der Waals surface area (Å²) >= 11 is 0. The van der Waals surface area contributed by atoms with Crippen LogP contribution in [0.3, 0.4) is 0 Å². The van der Waals surface area contributed by atoms with Gasteiger partial charge >= 0.3 is 11.9 Å². The van der Waals surface area contributed by atoms with Gasteiger partial charge in [-0.3, -0.25) is 14.2 Å². The van der Waals surface area contributed by atoms with E-state index in [-0.39, 0.29) is 32.0 Å². The lowest BCUT2D eigenvalue weighted by Crippen LogP contribution is -2.37. The molecule has 9 nitrogen and oxygen atoms in total. The Hall–Kier alpha value is -3.85. The van der Waals surface area contributed by atoms with Crippen LogP contribution in [0.4, 0.5) is 0 Å². The Morgan fingerprint density at radius 3 is 0.966 bits per heavy atom. The van der Waals surface area contributed by atoms with Gasteiger partial charge in [-0.1, -0.05) is 321 Å². The molecule has 0 amide bonds. The molecule has 0 aliphatic heterocycles. The zero-order valence-electron chi connectivity index (χ0n) is 57.4. The zero-order chi connectivity index (χ0) is 64.1. The number of hydrogen-bond acceptors (Lipinski definition) is 8. The summed E-state index contributed by atoms with van der Waals surface area (Å²) in [7, 11) is 1.15. The van der Waals surface area contributed by atoms with Crippen LogP contribution >= 0.6 is 7.82 Å². The standard InChI is InChI=1S/C78H134NO8P/c1-6-8-10-12-14-16-18-20-22-24-26-28-30-31-32-33-34-35-36-37-38-39-40-41-42-43-44-45-46-47-49-51-53-55-57-59-61-63-65-67-69-71-78(81)87-76(75-86-88(82,83)85-73-72-79(3,4)5)74-84-77(80)70-68-66-64-62-60-58-56-54-52-50-48-29-27-25-23-21-19-17-15-13-11-9-7-2/h8,10,14,16,20,22,26,28,31-32,34-35,37-38,40-41,43-44,46-47,51,53,76H,6-7,9,11-13,15,17-19,21,23-25,27,29-30,33,36,39,42,45,48-50,52,54-75H2,1-5H3/b10-8-,16-14-,22-20-,28-26-,32-31-,35-34-,38-37-,41-40-,44-43-,47-46-,53-51-. The normalized spacial score (nSPS) is 13.9. The Bertz CT molecular complexity index is 1950. The largest absolute Gasteiger partial charge is 0.756 e. The minimum absolute atomic E-state index is 0.0376. The fourth-order valence-electron chi connectivity index (χ4n) is 9.72. The average Bonchev–Trinajstić information content (AvgIpc) is 3.58. The van der Waals surface area contributed by atoms with Crippen LogP contribution in [0.1, 0.15) is 296 Å². The van der Waals surface area contributed by atoms with Gasteiger partial charge in [0, 0.05) is 12.8 Å². The number of allylic oxidation sites excluding steroid dienone is 22. The summed E-state index contributed by atoms with van der Waals surface area (Å²) in [6.45, 7) is 4.14. The van der Waals surface area contributed by atoms with Crippen LogP contribution in [0.2, 0.25) is 0 Å². The van der Waals surface area contributed by atoms with E-state index in [1.54, 1.807) is 0 Å². The molecule has 2 atom stereocenters. The molecule has 0 bridgehead atoms. The predicted molar refractivity (Wildman–Crippen MR) is 378 cm³/mol. The first-order valence-electron chi connectivity index (χ1n) is 35.9. The second kappa shape index (κ2) is 67.5. The third kappa shape index (κ3) is 71.2. The van der Waals surface area contributed by atoms with Crippen molar-refractivity contribution in [1.82, 2.24) is 0 Å². The third-order valence-corrected chi connectivity index (χ3v) is 16.1. The number of unbranched alkanes of at least 4 members (excludes halogenated alkanes) is 29. The van der Waals surface area contributed by atoms with Crippen molar-refractivity contribution in [2.45, 2.75) is 302 Å². The van der Waals surface area contributed by atoms with Crippen molar-refractivity contribution < 1.29 is 42.1 Å². The SMILES string of the molecule is CC/C=C\C/C=C\C/C=C\C/C=C\C/C=C\C/C=C\C/C=C\C/C=C\C/C=C\C/C=C\C/C=C\CCCCCCCCCC(=O)OC(COC(=O)CCCCCCCCCCCCCCCCCCCCCCCCC)COP(=O)([O-])OCC[N+](C)(C)C. The zero-order valence-corrected chi connectivity index (χ0v) is 58.3. The summed E-state index contributed by atoms with van der Waals surface area (Å²) in [4.78, 5) is 38.1. The van der Waals surface area contributed by atoms with E-state index in [9.17, 15) is 19.0 Å². The van der Waals surface area contributed by atoms with Crippen molar-refractivity contribution >= 4 is 19.8 Å². The maximum absolute atomic E-state index is 12.9. The Labute approximate surface area is 542 Å². The number of rotatable bonds is 65. The van der Waals surface area contributed by atoms with Crippen LogP contribution in [0.15, 0.2) is 134 Å². The van der Waals surface area contributed by atoms with Crippen molar-refractivity contribution in [2.24, 2.45) is 0 Å². The van der Waals surface area contributed by atoms with Crippen LogP contribution in [0, 0.1) is 0 Å². The van der Waals surface area contributed by atoms with E-state index in [1.807, 2.05) is 21.1 Å². The van der Waals surface area contributed by atoms with Gasteiger partial charge in [0.25, 0.3) is 7.82 Å². The number of carbonyl (C=O) groups excluding carboxylic acids is 2. The van der Waals surface area contributed by atoms with Crippen molar-refractivity contribution in [1.29, 1.82) is 0 Å². The third-order valence-electron chi connectivity index (χ3n) is 15.2. The van der Waals surface area contributed by atoms with E-state index in [0.29, 0.717) is 17.4 Å². The van der Waals surface area contributed by atoms with Gasteiger partial charge in [-0.25, -0.2) is 0 Å². The Balaban J connectivity index is 4.11. The minimum atomic E-state index is -4.65. The van der Waals surface area contributed by atoms with Crippen molar-refractivity contribution in [3.05, 3.63) is 134 Å². The molecule has 0 saturated carbocycles. The second-order valence-corrected chi connectivity index (χ2v) is 26.3. The molecule has 0 aromatic rings. The summed E-state index contributed by atoms with van der Waals surface area (Å²) < 4.78 is 34.3. The number of nitrogens with zero attached hydrogens (tertiary/aromatic N) is 1. The summed E-state index contributed by atoms with van der Waals surface area (Å²) in [5, 5.41) is 0.